The Morgan fingerprint density at radius 2 is 1.93 bits per heavy atom. The summed E-state index contributed by atoms with van der Waals surface area (Å²) in [5, 5.41) is 6.50. The minimum absolute atomic E-state index is 0.242. The molecule has 1 saturated heterocycles. The second-order valence-corrected chi connectivity index (χ2v) is 7.41. The summed E-state index contributed by atoms with van der Waals surface area (Å²) in [5.41, 5.74) is 1.05. The molecule has 0 aliphatic carbocycles. The third kappa shape index (κ3) is 3.53. The van der Waals surface area contributed by atoms with Gasteiger partial charge in [0.05, 0.1) is 32.0 Å². The fourth-order valence-corrected chi connectivity index (χ4v) is 3.80. The van der Waals surface area contributed by atoms with Crippen LogP contribution >= 0.6 is 0 Å². The molecule has 2 aromatic heterocycles. The van der Waals surface area contributed by atoms with E-state index in [1.807, 2.05) is 29.5 Å². The molecule has 1 fully saturated rings. The number of nitrogens with zero attached hydrogens (tertiary/aromatic N) is 7. The second-order valence-electron chi connectivity index (χ2n) is 7.41. The van der Waals surface area contributed by atoms with Crippen LogP contribution in [0.4, 0.5) is 5.95 Å². The number of anilines is 1. The SMILES string of the molecule is C/C=C\Cn1c(=O)c2c(nc3n2CC(C)=NN3CCN2CCOCC2)n(C)c1=O. The van der Waals surface area contributed by atoms with E-state index < -0.39 is 0 Å². The van der Waals surface area contributed by atoms with Crippen molar-refractivity contribution in [2.75, 3.05) is 44.4 Å². The maximum atomic E-state index is 13.1. The number of morpholine rings is 1. The van der Waals surface area contributed by atoms with Gasteiger partial charge >= 0.3 is 5.69 Å². The molecular weight excluding hydrogens is 374 g/mol. The van der Waals surface area contributed by atoms with Crippen LogP contribution in [-0.2, 0) is 24.9 Å². The number of fused-ring (bicyclic) bond motifs is 3. The fraction of sp³-hybridized carbons (Fsp3) is 0.579. The lowest BCUT2D eigenvalue weighted by Gasteiger charge is -2.30. The topological polar surface area (TPSA) is 89.9 Å². The second kappa shape index (κ2) is 7.96. The van der Waals surface area contributed by atoms with Crippen LogP contribution in [0, 0.1) is 0 Å². The molecule has 10 nitrogen and oxygen atoms in total. The molecule has 0 radical (unpaired) electrons. The van der Waals surface area contributed by atoms with E-state index in [1.54, 1.807) is 13.1 Å². The molecule has 2 aromatic rings. The Morgan fingerprint density at radius 3 is 2.66 bits per heavy atom. The van der Waals surface area contributed by atoms with Crippen LogP contribution in [0.2, 0.25) is 0 Å². The van der Waals surface area contributed by atoms with Gasteiger partial charge in [-0.15, -0.1) is 0 Å². The lowest BCUT2D eigenvalue weighted by molar-refractivity contribution is 0.0391. The maximum Gasteiger partial charge on any atom is 0.332 e. The van der Waals surface area contributed by atoms with E-state index >= 15 is 0 Å². The van der Waals surface area contributed by atoms with Crippen LogP contribution in [0.15, 0.2) is 26.8 Å². The number of aromatic nitrogens is 4. The van der Waals surface area contributed by atoms with E-state index in [1.165, 1.54) is 9.13 Å². The van der Waals surface area contributed by atoms with Gasteiger partial charge < -0.3 is 4.74 Å². The zero-order valence-corrected chi connectivity index (χ0v) is 17.2. The first-order valence-electron chi connectivity index (χ1n) is 9.94. The Bertz CT molecular complexity index is 1090. The number of allylic oxidation sites excluding steroid dienone is 2. The highest BCUT2D eigenvalue weighted by molar-refractivity contribution is 5.87. The molecule has 0 amide bonds. The van der Waals surface area contributed by atoms with Crippen molar-refractivity contribution in [1.82, 2.24) is 23.6 Å². The van der Waals surface area contributed by atoms with Gasteiger partial charge in [-0.05, 0) is 13.8 Å². The molecular formula is C19H27N7O3. The van der Waals surface area contributed by atoms with Crippen molar-refractivity contribution in [3.63, 3.8) is 0 Å². The van der Waals surface area contributed by atoms with E-state index in [-0.39, 0.29) is 17.8 Å². The minimum atomic E-state index is -0.367. The highest BCUT2D eigenvalue weighted by atomic mass is 16.5. The summed E-state index contributed by atoms with van der Waals surface area (Å²) >= 11 is 0. The molecule has 0 spiro atoms. The molecule has 0 saturated carbocycles. The lowest BCUT2D eigenvalue weighted by Crippen LogP contribution is -2.42. The first-order valence-corrected chi connectivity index (χ1v) is 9.94. The Balaban J connectivity index is 1.75. The van der Waals surface area contributed by atoms with Crippen LogP contribution < -0.4 is 16.3 Å². The Hall–Kier alpha value is -2.72. The summed E-state index contributed by atoms with van der Waals surface area (Å²) in [5.74, 6) is 0.606. The highest BCUT2D eigenvalue weighted by Gasteiger charge is 2.26. The average Bonchev–Trinajstić information content (AvgIpc) is 3.11. The molecule has 2 aliphatic rings. The van der Waals surface area contributed by atoms with E-state index in [0.29, 0.717) is 30.2 Å². The number of hydrogen-bond acceptors (Lipinski definition) is 7. The number of imidazole rings is 1. The standard InChI is InChI=1S/C19H27N7O3/c1-4-5-6-24-17(27)15-16(22(3)19(24)28)20-18-25(15)13-14(2)21-26(18)8-7-23-9-11-29-12-10-23/h4-5H,6-13H2,1-3H3/b5-4-. The van der Waals surface area contributed by atoms with Crippen LogP contribution in [0.3, 0.4) is 0 Å². The number of ether oxygens (including phenoxy) is 1. The van der Waals surface area contributed by atoms with Crippen molar-refractivity contribution in [1.29, 1.82) is 0 Å². The third-order valence-corrected chi connectivity index (χ3v) is 5.38. The molecule has 156 valence electrons. The van der Waals surface area contributed by atoms with E-state index in [9.17, 15) is 9.59 Å². The van der Waals surface area contributed by atoms with Gasteiger partial charge in [0.15, 0.2) is 11.2 Å². The van der Waals surface area contributed by atoms with E-state index in [2.05, 4.69) is 15.0 Å². The summed E-state index contributed by atoms with van der Waals surface area (Å²) in [6.45, 7) is 9.30. The molecule has 29 heavy (non-hydrogen) atoms. The third-order valence-electron chi connectivity index (χ3n) is 5.38. The molecule has 0 unspecified atom stereocenters. The number of hydrazone groups is 1. The van der Waals surface area contributed by atoms with Crippen molar-refractivity contribution in [3.8, 4) is 0 Å². The summed E-state index contributed by atoms with van der Waals surface area (Å²) < 4.78 is 9.98. The summed E-state index contributed by atoms with van der Waals surface area (Å²) in [6, 6.07) is 0. The van der Waals surface area contributed by atoms with E-state index in [0.717, 1.165) is 38.6 Å². The van der Waals surface area contributed by atoms with Crippen molar-refractivity contribution in [2.24, 2.45) is 12.1 Å². The van der Waals surface area contributed by atoms with Crippen LogP contribution in [0.25, 0.3) is 11.2 Å². The highest BCUT2D eigenvalue weighted by Crippen LogP contribution is 2.23. The molecule has 0 aromatic carbocycles. The predicted molar refractivity (Wildman–Crippen MR) is 112 cm³/mol. The molecule has 0 N–H and O–H groups in total. The summed E-state index contributed by atoms with van der Waals surface area (Å²) in [4.78, 5) is 32.8. The maximum absolute atomic E-state index is 13.1. The Kier molecular flexibility index (Phi) is 5.37. The van der Waals surface area contributed by atoms with Crippen LogP contribution in [-0.4, -0.2) is 68.7 Å². The van der Waals surface area contributed by atoms with Crippen LogP contribution in [0.5, 0.6) is 0 Å². The van der Waals surface area contributed by atoms with Gasteiger partial charge in [0, 0.05) is 33.2 Å². The number of aryl methyl sites for hydroxylation is 1. The van der Waals surface area contributed by atoms with Crippen molar-refractivity contribution >= 4 is 22.8 Å². The molecule has 0 atom stereocenters. The van der Waals surface area contributed by atoms with Gasteiger partial charge in [0.1, 0.15) is 0 Å². The normalized spacial score (nSPS) is 17.9. The van der Waals surface area contributed by atoms with Crippen molar-refractivity contribution in [3.05, 3.63) is 33.0 Å². The van der Waals surface area contributed by atoms with Crippen molar-refractivity contribution in [2.45, 2.75) is 26.9 Å². The quantitative estimate of drug-likeness (QED) is 0.656. The number of rotatable bonds is 5. The lowest BCUT2D eigenvalue weighted by atomic mass is 10.3. The largest absolute Gasteiger partial charge is 0.379 e. The van der Waals surface area contributed by atoms with Crippen LogP contribution in [0.1, 0.15) is 13.8 Å². The predicted octanol–water partition coefficient (Wildman–Crippen LogP) is 0.000900. The van der Waals surface area contributed by atoms with Gasteiger partial charge in [0.2, 0.25) is 5.95 Å². The summed E-state index contributed by atoms with van der Waals surface area (Å²) in [6.07, 6.45) is 3.62. The zero-order valence-electron chi connectivity index (χ0n) is 17.2. The smallest absolute Gasteiger partial charge is 0.332 e. The van der Waals surface area contributed by atoms with Gasteiger partial charge in [-0.25, -0.2) is 9.80 Å². The Morgan fingerprint density at radius 1 is 1.17 bits per heavy atom. The fourth-order valence-electron chi connectivity index (χ4n) is 3.80. The first-order chi connectivity index (χ1) is 14.0. The Labute approximate surface area is 168 Å². The van der Waals surface area contributed by atoms with Crippen molar-refractivity contribution < 1.29 is 4.74 Å². The molecule has 2 aliphatic heterocycles. The minimum Gasteiger partial charge on any atom is -0.379 e. The number of hydrogen-bond donors (Lipinski definition) is 0. The van der Waals surface area contributed by atoms with Gasteiger partial charge in [-0.1, -0.05) is 12.2 Å². The first kappa shape index (κ1) is 19.6. The average molecular weight is 401 g/mol. The summed E-state index contributed by atoms with van der Waals surface area (Å²) in [7, 11) is 1.65. The molecule has 4 heterocycles. The van der Waals surface area contributed by atoms with Gasteiger partial charge in [0.25, 0.3) is 5.56 Å². The monoisotopic (exact) mass is 401 g/mol. The van der Waals surface area contributed by atoms with Gasteiger partial charge in [-0.3, -0.25) is 23.4 Å². The zero-order chi connectivity index (χ0) is 20.5. The molecule has 0 bridgehead atoms. The van der Waals surface area contributed by atoms with Gasteiger partial charge in [-0.2, -0.15) is 10.1 Å². The van der Waals surface area contributed by atoms with E-state index in [4.69, 9.17) is 4.74 Å². The molecule has 4 rings (SSSR count). The molecule has 10 heteroatoms.